The molecule has 0 bridgehead atoms. The highest BCUT2D eigenvalue weighted by molar-refractivity contribution is 5.76. The predicted octanol–water partition coefficient (Wildman–Crippen LogP) is 3.19. The van der Waals surface area contributed by atoms with Crippen LogP contribution in [0.2, 0.25) is 0 Å². The number of fused-ring (bicyclic) bond motifs is 1. The van der Waals surface area contributed by atoms with Crippen LogP contribution in [0.25, 0.3) is 11.1 Å². The fraction of sp³-hybridized carbons (Fsp3) is 0.133. The molecule has 0 unspecified atom stereocenters. The van der Waals surface area contributed by atoms with Crippen LogP contribution in [0.5, 0.6) is 0 Å². The number of aromatic nitrogens is 1. The third-order valence-corrected chi connectivity index (χ3v) is 3.09. The lowest BCUT2D eigenvalue weighted by Crippen LogP contribution is -2.17. The number of oxazole rings is 1. The highest BCUT2D eigenvalue weighted by atomic mass is 19.1. The Balaban J connectivity index is 1.87. The number of hydrogen-bond acceptors (Lipinski definition) is 4. The van der Waals surface area contributed by atoms with Crippen LogP contribution >= 0.6 is 0 Å². The molecule has 0 aliphatic carbocycles. The van der Waals surface area contributed by atoms with Gasteiger partial charge in [-0.15, -0.1) is 0 Å². The van der Waals surface area contributed by atoms with Crippen molar-refractivity contribution in [1.82, 2.24) is 4.98 Å². The molecule has 0 aliphatic rings. The Kier molecular flexibility index (Phi) is 3.02. The first-order valence-electron chi connectivity index (χ1n) is 6.24. The average molecular weight is 271 g/mol. The summed E-state index contributed by atoms with van der Waals surface area (Å²) in [7, 11) is 1.79. The van der Waals surface area contributed by atoms with E-state index in [0.29, 0.717) is 34.9 Å². The zero-order valence-corrected chi connectivity index (χ0v) is 11.0. The smallest absolute Gasteiger partial charge is 0.215 e. The van der Waals surface area contributed by atoms with Crippen LogP contribution in [0.1, 0.15) is 5.89 Å². The summed E-state index contributed by atoms with van der Waals surface area (Å²) < 4.78 is 19.3. The second-order valence-corrected chi connectivity index (χ2v) is 4.64. The van der Waals surface area contributed by atoms with Crippen molar-refractivity contribution in [3.8, 4) is 0 Å². The van der Waals surface area contributed by atoms with E-state index < -0.39 is 0 Å². The Bertz CT molecular complexity index is 754. The van der Waals surface area contributed by atoms with Crippen molar-refractivity contribution in [2.45, 2.75) is 6.54 Å². The summed E-state index contributed by atoms with van der Waals surface area (Å²) in [6.45, 7) is 0.384. The second kappa shape index (κ2) is 4.85. The Labute approximate surface area is 115 Å². The molecule has 20 heavy (non-hydrogen) atoms. The number of nitrogens with two attached hydrogens (primary N) is 1. The summed E-state index contributed by atoms with van der Waals surface area (Å²) in [4.78, 5) is 6.11. The summed E-state index contributed by atoms with van der Waals surface area (Å²) in [5, 5.41) is 0. The monoisotopic (exact) mass is 271 g/mol. The number of benzene rings is 2. The third kappa shape index (κ3) is 2.30. The van der Waals surface area contributed by atoms with Gasteiger partial charge in [0.05, 0.1) is 12.2 Å². The van der Waals surface area contributed by atoms with Crippen molar-refractivity contribution in [2.75, 3.05) is 17.7 Å². The minimum Gasteiger partial charge on any atom is -0.439 e. The number of rotatable bonds is 3. The molecular weight excluding hydrogens is 257 g/mol. The van der Waals surface area contributed by atoms with Crippen LogP contribution in [0.15, 0.2) is 46.9 Å². The van der Waals surface area contributed by atoms with Gasteiger partial charge in [0, 0.05) is 12.7 Å². The zero-order valence-electron chi connectivity index (χ0n) is 11.0. The molecule has 0 radical (unpaired) electrons. The van der Waals surface area contributed by atoms with E-state index in [2.05, 4.69) is 4.98 Å². The van der Waals surface area contributed by atoms with E-state index in [4.69, 9.17) is 10.2 Å². The summed E-state index contributed by atoms with van der Waals surface area (Å²) in [5.74, 6) is 0.256. The maximum atomic E-state index is 13.7. The van der Waals surface area contributed by atoms with Gasteiger partial charge in [-0.1, -0.05) is 12.1 Å². The first-order valence-corrected chi connectivity index (χ1v) is 6.24. The number of halogens is 1. The topological polar surface area (TPSA) is 55.3 Å². The molecule has 102 valence electrons. The fourth-order valence-corrected chi connectivity index (χ4v) is 2.11. The van der Waals surface area contributed by atoms with Crippen molar-refractivity contribution in [3.63, 3.8) is 0 Å². The quantitative estimate of drug-likeness (QED) is 0.743. The van der Waals surface area contributed by atoms with Gasteiger partial charge in [0.1, 0.15) is 11.3 Å². The van der Waals surface area contributed by atoms with Gasteiger partial charge in [-0.05, 0) is 30.3 Å². The van der Waals surface area contributed by atoms with Gasteiger partial charge >= 0.3 is 0 Å². The van der Waals surface area contributed by atoms with Gasteiger partial charge in [-0.3, -0.25) is 0 Å². The normalized spacial score (nSPS) is 10.9. The van der Waals surface area contributed by atoms with Crippen LogP contribution in [0.3, 0.4) is 0 Å². The van der Waals surface area contributed by atoms with Crippen LogP contribution in [-0.4, -0.2) is 12.0 Å². The summed E-state index contributed by atoms with van der Waals surface area (Å²) in [6.07, 6.45) is 0. The molecule has 0 amide bonds. The van der Waals surface area contributed by atoms with E-state index in [1.165, 1.54) is 6.07 Å². The van der Waals surface area contributed by atoms with E-state index in [1.807, 2.05) is 0 Å². The SMILES string of the molecule is CN(Cc1nc2cc(N)ccc2o1)c1ccccc1F. The van der Waals surface area contributed by atoms with Gasteiger partial charge < -0.3 is 15.1 Å². The first kappa shape index (κ1) is 12.5. The molecule has 0 spiro atoms. The van der Waals surface area contributed by atoms with Gasteiger partial charge in [0.15, 0.2) is 5.58 Å². The number of nitrogen functional groups attached to an aromatic ring is 1. The number of anilines is 2. The molecule has 1 aromatic heterocycles. The Morgan fingerprint density at radius 2 is 2.05 bits per heavy atom. The molecule has 3 aromatic rings. The van der Waals surface area contributed by atoms with Gasteiger partial charge in [0.25, 0.3) is 0 Å². The predicted molar refractivity (Wildman–Crippen MR) is 76.9 cm³/mol. The highest BCUT2D eigenvalue weighted by Crippen LogP contribution is 2.22. The lowest BCUT2D eigenvalue weighted by molar-refractivity contribution is 0.524. The Morgan fingerprint density at radius 1 is 1.25 bits per heavy atom. The largest absolute Gasteiger partial charge is 0.439 e. The number of nitrogens with zero attached hydrogens (tertiary/aromatic N) is 2. The van der Waals surface area contributed by atoms with Crippen molar-refractivity contribution in [3.05, 3.63) is 54.2 Å². The van der Waals surface area contributed by atoms with Crippen molar-refractivity contribution in [2.24, 2.45) is 0 Å². The molecule has 4 nitrogen and oxygen atoms in total. The fourth-order valence-electron chi connectivity index (χ4n) is 2.11. The molecule has 0 atom stereocenters. The van der Waals surface area contributed by atoms with Gasteiger partial charge in [0.2, 0.25) is 5.89 Å². The summed E-state index contributed by atoms with van der Waals surface area (Å²) >= 11 is 0. The van der Waals surface area contributed by atoms with E-state index in [0.717, 1.165) is 0 Å². The van der Waals surface area contributed by atoms with Crippen molar-refractivity contribution < 1.29 is 8.81 Å². The first-order chi connectivity index (χ1) is 9.63. The zero-order chi connectivity index (χ0) is 14.1. The van der Waals surface area contributed by atoms with Gasteiger partial charge in [-0.25, -0.2) is 9.37 Å². The molecule has 0 fully saturated rings. The second-order valence-electron chi connectivity index (χ2n) is 4.64. The van der Waals surface area contributed by atoms with E-state index in [1.54, 1.807) is 48.3 Å². The lowest BCUT2D eigenvalue weighted by Gasteiger charge is -2.17. The Hall–Kier alpha value is -2.56. The van der Waals surface area contributed by atoms with Crippen molar-refractivity contribution >= 4 is 22.5 Å². The minimum absolute atomic E-state index is 0.268. The average Bonchev–Trinajstić information content (AvgIpc) is 2.80. The summed E-state index contributed by atoms with van der Waals surface area (Å²) in [6, 6.07) is 11.9. The maximum Gasteiger partial charge on any atom is 0.215 e. The van der Waals surface area contributed by atoms with Crippen LogP contribution < -0.4 is 10.6 Å². The van der Waals surface area contributed by atoms with E-state index >= 15 is 0 Å². The maximum absolute atomic E-state index is 13.7. The minimum atomic E-state index is -0.268. The molecule has 2 N–H and O–H groups in total. The van der Waals surface area contributed by atoms with Crippen LogP contribution in [0, 0.1) is 5.82 Å². The molecule has 3 rings (SSSR count). The van der Waals surface area contributed by atoms with Crippen LogP contribution in [0.4, 0.5) is 15.8 Å². The standard InChI is InChI=1S/C15H14FN3O/c1-19(13-5-3-2-4-11(13)16)9-15-18-12-8-10(17)6-7-14(12)20-15/h2-8H,9,17H2,1H3. The lowest BCUT2D eigenvalue weighted by atomic mass is 10.3. The molecular formula is C15H14FN3O. The molecule has 0 saturated heterocycles. The third-order valence-electron chi connectivity index (χ3n) is 3.09. The molecule has 5 heteroatoms. The van der Waals surface area contributed by atoms with Crippen molar-refractivity contribution in [1.29, 1.82) is 0 Å². The Morgan fingerprint density at radius 3 is 2.85 bits per heavy atom. The van der Waals surface area contributed by atoms with E-state index in [9.17, 15) is 4.39 Å². The number of hydrogen-bond donors (Lipinski definition) is 1. The van der Waals surface area contributed by atoms with E-state index in [-0.39, 0.29) is 5.82 Å². The molecule has 0 aliphatic heterocycles. The summed E-state index contributed by atoms with van der Waals surface area (Å²) in [5.41, 5.74) is 8.24. The molecule has 1 heterocycles. The highest BCUT2D eigenvalue weighted by Gasteiger charge is 2.11. The number of para-hydroxylation sites is 1. The molecule has 0 saturated carbocycles. The van der Waals surface area contributed by atoms with Crippen LogP contribution in [-0.2, 0) is 6.54 Å². The molecule has 2 aromatic carbocycles. The van der Waals surface area contributed by atoms with Gasteiger partial charge in [-0.2, -0.15) is 0 Å².